The van der Waals surface area contributed by atoms with Gasteiger partial charge >= 0.3 is 0 Å². The fourth-order valence-corrected chi connectivity index (χ4v) is 2.88. The number of hydrogen-bond acceptors (Lipinski definition) is 3. The summed E-state index contributed by atoms with van der Waals surface area (Å²) in [5, 5.41) is 3.17. The minimum Gasteiger partial charge on any atom is -0.313 e. The molecule has 0 bridgehead atoms. The number of hydrogen-bond donors (Lipinski definition) is 1. The van der Waals surface area contributed by atoms with Crippen molar-refractivity contribution in [2.24, 2.45) is 0 Å². The van der Waals surface area contributed by atoms with Crippen LogP contribution in [0.3, 0.4) is 0 Å². The highest BCUT2D eigenvalue weighted by Gasteiger charge is 2.14. The Bertz CT molecular complexity index is 711. The molecule has 2 rings (SSSR count). The van der Waals surface area contributed by atoms with E-state index in [1.807, 2.05) is 13.1 Å². The van der Waals surface area contributed by atoms with Crippen LogP contribution in [0.15, 0.2) is 53.4 Å². The molecule has 2 aromatic rings. The predicted octanol–water partition coefficient (Wildman–Crippen LogP) is 2.73. The van der Waals surface area contributed by atoms with Crippen LogP contribution >= 0.6 is 0 Å². The average molecular weight is 307 g/mol. The Labute approximate surface area is 124 Å². The Morgan fingerprint density at radius 2 is 1.81 bits per heavy atom. The molecule has 0 heterocycles. The van der Waals surface area contributed by atoms with Crippen LogP contribution in [-0.4, -0.2) is 21.7 Å². The SMILES string of the molecule is CNC(Cc1ccc(F)cc1)c1cccc(S(C)(=O)=O)c1. The predicted molar refractivity (Wildman–Crippen MR) is 81.5 cm³/mol. The van der Waals surface area contributed by atoms with Crippen LogP contribution in [0, 0.1) is 5.82 Å². The van der Waals surface area contributed by atoms with E-state index in [2.05, 4.69) is 5.32 Å². The Balaban J connectivity index is 2.27. The molecule has 112 valence electrons. The van der Waals surface area contributed by atoms with E-state index in [0.717, 1.165) is 11.1 Å². The summed E-state index contributed by atoms with van der Waals surface area (Å²) in [7, 11) is -1.40. The van der Waals surface area contributed by atoms with Gasteiger partial charge in [0.25, 0.3) is 0 Å². The molecule has 0 aliphatic carbocycles. The van der Waals surface area contributed by atoms with Crippen LogP contribution in [0.4, 0.5) is 4.39 Å². The number of halogens is 1. The first-order chi connectivity index (χ1) is 9.90. The second kappa shape index (κ2) is 6.37. The average Bonchev–Trinajstić information content (AvgIpc) is 2.46. The quantitative estimate of drug-likeness (QED) is 0.924. The highest BCUT2D eigenvalue weighted by atomic mass is 32.2. The van der Waals surface area contributed by atoms with Crippen molar-refractivity contribution in [3.8, 4) is 0 Å². The molecule has 5 heteroatoms. The van der Waals surface area contributed by atoms with Gasteiger partial charge in [-0.1, -0.05) is 24.3 Å². The lowest BCUT2D eigenvalue weighted by molar-refractivity contribution is 0.585. The Kier molecular flexibility index (Phi) is 4.75. The van der Waals surface area contributed by atoms with E-state index in [-0.39, 0.29) is 11.9 Å². The van der Waals surface area contributed by atoms with Crippen molar-refractivity contribution >= 4 is 9.84 Å². The summed E-state index contributed by atoms with van der Waals surface area (Å²) in [5.41, 5.74) is 1.88. The summed E-state index contributed by atoms with van der Waals surface area (Å²) < 4.78 is 36.2. The van der Waals surface area contributed by atoms with E-state index in [1.54, 1.807) is 30.3 Å². The van der Waals surface area contributed by atoms with Gasteiger partial charge in [0.1, 0.15) is 5.82 Å². The van der Waals surface area contributed by atoms with Crippen LogP contribution in [0.1, 0.15) is 17.2 Å². The third-order valence-electron chi connectivity index (χ3n) is 3.39. The van der Waals surface area contributed by atoms with E-state index in [9.17, 15) is 12.8 Å². The number of sulfone groups is 1. The van der Waals surface area contributed by atoms with Crippen molar-refractivity contribution in [2.75, 3.05) is 13.3 Å². The largest absolute Gasteiger partial charge is 0.313 e. The molecule has 2 aromatic carbocycles. The van der Waals surface area contributed by atoms with Gasteiger partial charge in [-0.3, -0.25) is 0 Å². The topological polar surface area (TPSA) is 46.2 Å². The molecule has 0 fully saturated rings. The van der Waals surface area contributed by atoms with Crippen molar-refractivity contribution in [1.82, 2.24) is 5.32 Å². The van der Waals surface area contributed by atoms with Crippen LogP contribution in [0.5, 0.6) is 0 Å². The fraction of sp³-hybridized carbons (Fsp3) is 0.250. The second-order valence-electron chi connectivity index (χ2n) is 5.02. The van der Waals surface area contributed by atoms with Gasteiger partial charge in [-0.2, -0.15) is 0 Å². The number of nitrogens with one attached hydrogen (secondary N) is 1. The molecule has 0 saturated heterocycles. The monoisotopic (exact) mass is 307 g/mol. The summed E-state index contributed by atoms with van der Waals surface area (Å²) in [6, 6.07) is 13.2. The molecule has 3 nitrogen and oxygen atoms in total. The van der Waals surface area contributed by atoms with Crippen LogP contribution in [0.2, 0.25) is 0 Å². The minimum atomic E-state index is -3.22. The maximum absolute atomic E-state index is 12.9. The van der Waals surface area contributed by atoms with Crippen molar-refractivity contribution in [3.63, 3.8) is 0 Å². The summed E-state index contributed by atoms with van der Waals surface area (Å²) in [6.45, 7) is 0. The highest BCUT2D eigenvalue weighted by Crippen LogP contribution is 2.21. The number of rotatable bonds is 5. The molecule has 21 heavy (non-hydrogen) atoms. The molecule has 0 amide bonds. The summed E-state index contributed by atoms with van der Waals surface area (Å²) in [5.74, 6) is -0.265. The third kappa shape index (κ3) is 4.12. The second-order valence-corrected chi connectivity index (χ2v) is 7.03. The van der Waals surface area contributed by atoms with Crippen LogP contribution in [0.25, 0.3) is 0 Å². The van der Waals surface area contributed by atoms with Gasteiger partial charge in [0.05, 0.1) is 4.90 Å². The molecule has 0 radical (unpaired) electrons. The molecule has 1 N–H and O–H groups in total. The van der Waals surface area contributed by atoms with Crippen molar-refractivity contribution in [3.05, 3.63) is 65.5 Å². The van der Waals surface area contributed by atoms with E-state index < -0.39 is 9.84 Å². The van der Waals surface area contributed by atoms with Gasteiger partial charge in [-0.05, 0) is 48.9 Å². The Morgan fingerprint density at radius 1 is 1.14 bits per heavy atom. The van der Waals surface area contributed by atoms with Gasteiger partial charge < -0.3 is 5.32 Å². The smallest absolute Gasteiger partial charge is 0.175 e. The van der Waals surface area contributed by atoms with E-state index >= 15 is 0 Å². The van der Waals surface area contributed by atoms with Gasteiger partial charge in [0.2, 0.25) is 0 Å². The highest BCUT2D eigenvalue weighted by molar-refractivity contribution is 7.90. The van der Waals surface area contributed by atoms with Gasteiger partial charge in [0.15, 0.2) is 9.84 Å². The van der Waals surface area contributed by atoms with E-state index in [4.69, 9.17) is 0 Å². The third-order valence-corrected chi connectivity index (χ3v) is 4.50. The zero-order chi connectivity index (χ0) is 15.5. The first-order valence-electron chi connectivity index (χ1n) is 6.62. The molecular weight excluding hydrogens is 289 g/mol. The molecule has 0 saturated carbocycles. The molecule has 0 spiro atoms. The molecule has 0 aliphatic rings. The molecular formula is C16H18FNO2S. The number of likely N-dealkylation sites (N-methyl/N-ethyl adjacent to an activating group) is 1. The van der Waals surface area contributed by atoms with Gasteiger partial charge in [-0.15, -0.1) is 0 Å². The van der Waals surface area contributed by atoms with Crippen molar-refractivity contribution in [2.45, 2.75) is 17.4 Å². The lowest BCUT2D eigenvalue weighted by Crippen LogP contribution is -2.19. The molecule has 1 atom stereocenters. The van der Waals surface area contributed by atoms with Crippen molar-refractivity contribution in [1.29, 1.82) is 0 Å². The van der Waals surface area contributed by atoms with E-state index in [0.29, 0.717) is 11.3 Å². The van der Waals surface area contributed by atoms with E-state index in [1.165, 1.54) is 18.4 Å². The fourth-order valence-electron chi connectivity index (χ4n) is 2.20. The maximum Gasteiger partial charge on any atom is 0.175 e. The number of benzene rings is 2. The lowest BCUT2D eigenvalue weighted by atomic mass is 9.99. The minimum absolute atomic E-state index is 0.0304. The Morgan fingerprint density at radius 3 is 2.38 bits per heavy atom. The summed E-state index contributed by atoms with van der Waals surface area (Å²) in [4.78, 5) is 0.305. The first kappa shape index (κ1) is 15.7. The molecule has 0 aromatic heterocycles. The lowest BCUT2D eigenvalue weighted by Gasteiger charge is -2.17. The standard InChI is InChI=1S/C16H18FNO2S/c1-18-16(10-12-6-8-14(17)9-7-12)13-4-3-5-15(11-13)21(2,19)20/h3-9,11,16,18H,10H2,1-2H3. The zero-order valence-electron chi connectivity index (χ0n) is 12.0. The van der Waals surface area contributed by atoms with Crippen LogP contribution in [-0.2, 0) is 16.3 Å². The first-order valence-corrected chi connectivity index (χ1v) is 8.51. The van der Waals surface area contributed by atoms with Crippen LogP contribution < -0.4 is 5.32 Å². The summed E-state index contributed by atoms with van der Waals surface area (Å²) in [6.07, 6.45) is 1.85. The Hall–Kier alpha value is -1.72. The molecule has 1 unspecified atom stereocenters. The van der Waals surface area contributed by atoms with Gasteiger partial charge in [0, 0.05) is 12.3 Å². The van der Waals surface area contributed by atoms with Crippen molar-refractivity contribution < 1.29 is 12.8 Å². The summed E-state index contributed by atoms with van der Waals surface area (Å²) >= 11 is 0. The van der Waals surface area contributed by atoms with Gasteiger partial charge in [-0.25, -0.2) is 12.8 Å². The zero-order valence-corrected chi connectivity index (χ0v) is 12.8. The normalized spacial score (nSPS) is 13.1. The molecule has 0 aliphatic heterocycles. The maximum atomic E-state index is 12.9.